The van der Waals surface area contributed by atoms with E-state index in [2.05, 4.69) is 21.1 Å². The maximum atomic E-state index is 12.9. The number of fused-ring (bicyclic) bond motifs is 2. The molecule has 3 N–H and O–H groups in total. The molecule has 0 radical (unpaired) electrons. The number of hydrogen-bond acceptors (Lipinski definition) is 6. The Labute approximate surface area is 201 Å². The molecule has 3 heterocycles. The number of sulfonamides is 1. The number of pyridine rings is 1. The van der Waals surface area contributed by atoms with E-state index in [1.807, 2.05) is 35.0 Å². The van der Waals surface area contributed by atoms with Gasteiger partial charge >= 0.3 is 6.03 Å². The van der Waals surface area contributed by atoms with Crippen LogP contribution in [-0.2, 0) is 28.5 Å². The lowest BCUT2D eigenvalue weighted by atomic mass is 9.98. The maximum Gasteiger partial charge on any atom is 0.333 e. The van der Waals surface area contributed by atoms with Crippen LogP contribution in [0.1, 0.15) is 37.0 Å². The zero-order chi connectivity index (χ0) is 24.1. The van der Waals surface area contributed by atoms with Crippen LogP contribution in [0.3, 0.4) is 0 Å². The molecule has 0 unspecified atom stereocenters. The second-order valence-electron chi connectivity index (χ2n) is 8.86. The summed E-state index contributed by atoms with van der Waals surface area (Å²) in [4.78, 5) is 17.2. The SMILES string of the molecule is CC(C)(O)c1csc(S(=O)(=O)NC(=O)Nc2c(-c3ccc4nccn4c3)ccc3c2CCC3)c1. The zero-order valence-corrected chi connectivity index (χ0v) is 20.3. The average Bonchev–Trinajstić information content (AvgIpc) is 3.52. The Morgan fingerprint density at radius 2 is 2.03 bits per heavy atom. The smallest absolute Gasteiger partial charge is 0.333 e. The van der Waals surface area contributed by atoms with Crippen LogP contribution in [0, 0.1) is 0 Å². The number of imidazole rings is 1. The first-order valence-electron chi connectivity index (χ1n) is 10.8. The quantitative estimate of drug-likeness (QED) is 0.382. The third-order valence-electron chi connectivity index (χ3n) is 5.99. The van der Waals surface area contributed by atoms with Crippen LogP contribution in [0.5, 0.6) is 0 Å². The summed E-state index contributed by atoms with van der Waals surface area (Å²) in [5, 5.41) is 14.5. The molecule has 5 rings (SSSR count). The number of nitrogens with one attached hydrogen (secondary N) is 2. The minimum absolute atomic E-state index is 0.0381. The summed E-state index contributed by atoms with van der Waals surface area (Å²) in [7, 11) is -4.10. The molecule has 10 heteroatoms. The van der Waals surface area contributed by atoms with Crippen molar-refractivity contribution in [3.63, 3.8) is 0 Å². The lowest BCUT2D eigenvalue weighted by Gasteiger charge is -2.17. The second kappa shape index (κ2) is 8.23. The van der Waals surface area contributed by atoms with Crippen molar-refractivity contribution in [1.82, 2.24) is 14.1 Å². The first-order chi connectivity index (χ1) is 16.1. The van der Waals surface area contributed by atoms with Crippen molar-refractivity contribution in [2.45, 2.75) is 42.9 Å². The summed E-state index contributed by atoms with van der Waals surface area (Å²) in [6.07, 6.45) is 8.19. The number of thiophene rings is 1. The van der Waals surface area contributed by atoms with Crippen molar-refractivity contribution >= 4 is 38.7 Å². The van der Waals surface area contributed by atoms with E-state index in [0.717, 1.165) is 58.5 Å². The molecule has 0 saturated carbocycles. The second-order valence-corrected chi connectivity index (χ2v) is 11.7. The van der Waals surface area contributed by atoms with Gasteiger partial charge in [-0.1, -0.05) is 12.1 Å². The number of carbonyl (C=O) groups excluding carboxylic acids is 1. The highest BCUT2D eigenvalue weighted by molar-refractivity contribution is 7.92. The lowest BCUT2D eigenvalue weighted by molar-refractivity contribution is 0.0789. The summed E-state index contributed by atoms with van der Waals surface area (Å²) >= 11 is 0.955. The Bertz CT molecular complexity index is 1510. The van der Waals surface area contributed by atoms with E-state index in [1.54, 1.807) is 25.4 Å². The topological polar surface area (TPSA) is 113 Å². The highest BCUT2D eigenvalue weighted by atomic mass is 32.2. The predicted molar refractivity (Wildman–Crippen MR) is 132 cm³/mol. The number of hydrogen-bond donors (Lipinski definition) is 3. The van der Waals surface area contributed by atoms with Crippen LogP contribution in [0.25, 0.3) is 16.8 Å². The van der Waals surface area contributed by atoms with Gasteiger partial charge in [0.15, 0.2) is 0 Å². The van der Waals surface area contributed by atoms with Gasteiger partial charge in [0.25, 0.3) is 10.0 Å². The lowest BCUT2D eigenvalue weighted by Crippen LogP contribution is -2.34. The summed E-state index contributed by atoms with van der Waals surface area (Å²) < 4.78 is 29.6. The highest BCUT2D eigenvalue weighted by Crippen LogP contribution is 2.37. The minimum atomic E-state index is -4.10. The number of rotatable bonds is 5. The van der Waals surface area contributed by atoms with E-state index < -0.39 is 21.7 Å². The van der Waals surface area contributed by atoms with Gasteiger partial charge in [0.1, 0.15) is 9.86 Å². The number of carbonyl (C=O) groups is 1. The molecule has 0 atom stereocenters. The van der Waals surface area contributed by atoms with Crippen LogP contribution in [0.15, 0.2) is 58.5 Å². The van der Waals surface area contributed by atoms with Gasteiger partial charge in [-0.15, -0.1) is 11.3 Å². The largest absolute Gasteiger partial charge is 0.386 e. The fourth-order valence-electron chi connectivity index (χ4n) is 4.22. The van der Waals surface area contributed by atoms with E-state index in [-0.39, 0.29) is 4.21 Å². The molecule has 4 aromatic rings. The van der Waals surface area contributed by atoms with Crippen LogP contribution in [0.4, 0.5) is 10.5 Å². The molecule has 1 aromatic carbocycles. The summed E-state index contributed by atoms with van der Waals surface area (Å²) in [6.45, 7) is 3.15. The summed E-state index contributed by atoms with van der Waals surface area (Å²) in [5.74, 6) is 0. The van der Waals surface area contributed by atoms with Gasteiger partial charge in [0.05, 0.1) is 11.3 Å². The van der Waals surface area contributed by atoms with Crippen molar-refractivity contribution in [2.24, 2.45) is 0 Å². The van der Waals surface area contributed by atoms with E-state index in [4.69, 9.17) is 0 Å². The van der Waals surface area contributed by atoms with Crippen LogP contribution in [-0.4, -0.2) is 28.9 Å². The van der Waals surface area contributed by atoms with Gasteiger partial charge in [-0.05, 0) is 73.4 Å². The van der Waals surface area contributed by atoms with Gasteiger partial charge in [-0.3, -0.25) is 0 Å². The molecule has 1 aliphatic rings. The third kappa shape index (κ3) is 4.20. The first kappa shape index (κ1) is 22.6. The monoisotopic (exact) mass is 496 g/mol. The number of aryl methyl sites for hydroxylation is 1. The van der Waals surface area contributed by atoms with Crippen LogP contribution in [0.2, 0.25) is 0 Å². The zero-order valence-electron chi connectivity index (χ0n) is 18.7. The Morgan fingerprint density at radius 1 is 1.21 bits per heavy atom. The van der Waals surface area contributed by atoms with Crippen LogP contribution >= 0.6 is 11.3 Å². The van der Waals surface area contributed by atoms with Crippen molar-refractivity contribution in [3.8, 4) is 11.1 Å². The van der Waals surface area contributed by atoms with Crippen molar-refractivity contribution < 1.29 is 18.3 Å². The van der Waals surface area contributed by atoms with E-state index in [9.17, 15) is 18.3 Å². The predicted octanol–water partition coefficient (Wildman–Crippen LogP) is 4.29. The van der Waals surface area contributed by atoms with Gasteiger partial charge in [0.2, 0.25) is 0 Å². The molecular formula is C24H24N4O4S2. The molecule has 34 heavy (non-hydrogen) atoms. The normalized spacial score (nSPS) is 13.7. The summed E-state index contributed by atoms with van der Waals surface area (Å²) in [6, 6.07) is 8.41. The molecule has 3 aromatic heterocycles. The van der Waals surface area contributed by atoms with Crippen molar-refractivity contribution in [1.29, 1.82) is 0 Å². The summed E-state index contributed by atoms with van der Waals surface area (Å²) in [5.41, 5.74) is 4.58. The number of aromatic nitrogens is 2. The molecule has 0 aliphatic heterocycles. The minimum Gasteiger partial charge on any atom is -0.386 e. The molecule has 1 aliphatic carbocycles. The molecule has 2 amide bonds. The van der Waals surface area contributed by atoms with E-state index in [1.165, 1.54) is 6.07 Å². The molecule has 176 valence electrons. The Hall–Kier alpha value is -3.21. The number of urea groups is 1. The van der Waals surface area contributed by atoms with E-state index in [0.29, 0.717) is 11.3 Å². The fourth-order valence-corrected chi connectivity index (χ4v) is 6.47. The standard InChI is InChI=1S/C24H24N4O4S2/c1-24(2,30)17-12-21(33-14-17)34(31,32)27-23(29)26-22-18-5-3-4-15(18)6-8-19(22)16-7-9-20-25-10-11-28(20)13-16/h6-14,30H,3-5H2,1-2H3,(H2,26,27,29). The third-order valence-corrected chi connectivity index (χ3v) is 8.77. The Balaban J connectivity index is 1.46. The van der Waals surface area contributed by atoms with Crippen molar-refractivity contribution in [2.75, 3.05) is 5.32 Å². The highest BCUT2D eigenvalue weighted by Gasteiger charge is 2.26. The Morgan fingerprint density at radius 3 is 2.79 bits per heavy atom. The fraction of sp³-hybridized carbons (Fsp3) is 0.250. The number of benzene rings is 1. The number of aliphatic hydroxyl groups is 1. The Kier molecular flexibility index (Phi) is 5.46. The molecule has 0 saturated heterocycles. The molecule has 8 nitrogen and oxygen atoms in total. The van der Waals surface area contributed by atoms with Gasteiger partial charge < -0.3 is 14.8 Å². The molecule has 0 fully saturated rings. The van der Waals surface area contributed by atoms with Gasteiger partial charge in [0, 0.05) is 29.7 Å². The molecule has 0 spiro atoms. The average molecular weight is 497 g/mol. The molecule has 0 bridgehead atoms. The maximum absolute atomic E-state index is 12.9. The number of anilines is 1. The van der Waals surface area contributed by atoms with Crippen LogP contribution < -0.4 is 10.0 Å². The first-order valence-corrected chi connectivity index (χ1v) is 13.2. The van der Waals surface area contributed by atoms with E-state index >= 15 is 0 Å². The van der Waals surface area contributed by atoms with Gasteiger partial charge in [-0.2, -0.15) is 0 Å². The number of amides is 2. The van der Waals surface area contributed by atoms with Gasteiger partial charge in [-0.25, -0.2) is 22.9 Å². The molecular weight excluding hydrogens is 472 g/mol. The number of nitrogens with zero attached hydrogens (tertiary/aromatic N) is 2. The van der Waals surface area contributed by atoms with Crippen molar-refractivity contribution in [3.05, 3.63) is 71.0 Å².